The molecule has 0 spiro atoms. The van der Waals surface area contributed by atoms with Gasteiger partial charge < -0.3 is 0 Å². The van der Waals surface area contributed by atoms with E-state index in [1.165, 1.54) is 5.56 Å². The number of Topliss-reactive ketones (excluding diaryl/α,β-unsaturated/α-hetero) is 1. The lowest BCUT2D eigenvalue weighted by Crippen LogP contribution is -2.36. The molecule has 1 aliphatic rings. The van der Waals surface area contributed by atoms with E-state index in [-0.39, 0.29) is 11.7 Å². The lowest BCUT2D eigenvalue weighted by molar-refractivity contribution is 0.0831. The van der Waals surface area contributed by atoms with Crippen molar-refractivity contribution in [1.82, 2.24) is 25.1 Å². The maximum Gasteiger partial charge on any atom is 0.166 e. The summed E-state index contributed by atoms with van der Waals surface area (Å²) in [6, 6.07) is 7.91. The largest absolute Gasteiger partial charge is 0.296 e. The van der Waals surface area contributed by atoms with Crippen molar-refractivity contribution in [3.8, 4) is 0 Å². The van der Waals surface area contributed by atoms with E-state index in [1.54, 1.807) is 0 Å². The standard InChI is InChI=1S/C18H25N5O/c1-3-10-23-17(19-20-21-23)13-22-11-8-16(9-12-22)18(24)15-6-4-14(2)5-7-15/h4-7,16H,3,8-13H2,1-2H3. The van der Waals surface area contributed by atoms with Crippen LogP contribution in [0.3, 0.4) is 0 Å². The van der Waals surface area contributed by atoms with E-state index in [4.69, 9.17) is 0 Å². The van der Waals surface area contributed by atoms with Crippen molar-refractivity contribution < 1.29 is 4.79 Å². The fraction of sp³-hybridized carbons (Fsp3) is 0.556. The number of benzene rings is 1. The van der Waals surface area contributed by atoms with Crippen LogP contribution in [0.5, 0.6) is 0 Å². The Labute approximate surface area is 142 Å². The summed E-state index contributed by atoms with van der Waals surface area (Å²) in [5.74, 6) is 1.33. The molecule has 2 heterocycles. The summed E-state index contributed by atoms with van der Waals surface area (Å²) in [6.07, 6.45) is 2.83. The van der Waals surface area contributed by atoms with Gasteiger partial charge in [0.25, 0.3) is 0 Å². The van der Waals surface area contributed by atoms with Gasteiger partial charge in [0.15, 0.2) is 11.6 Å². The average Bonchev–Trinajstić information content (AvgIpc) is 3.03. The van der Waals surface area contributed by atoms with Crippen molar-refractivity contribution in [2.45, 2.75) is 46.2 Å². The molecular weight excluding hydrogens is 302 g/mol. The second kappa shape index (κ2) is 7.66. The lowest BCUT2D eigenvalue weighted by Gasteiger charge is -2.30. The zero-order valence-electron chi connectivity index (χ0n) is 14.5. The van der Waals surface area contributed by atoms with E-state index in [0.717, 1.165) is 56.8 Å². The van der Waals surface area contributed by atoms with Gasteiger partial charge in [-0.3, -0.25) is 9.69 Å². The molecule has 0 aliphatic carbocycles. The molecule has 1 fully saturated rings. The Morgan fingerprint density at radius 2 is 1.92 bits per heavy atom. The number of rotatable bonds is 6. The van der Waals surface area contributed by atoms with Crippen LogP contribution in [0.4, 0.5) is 0 Å². The average molecular weight is 327 g/mol. The third-order valence-corrected chi connectivity index (χ3v) is 4.70. The monoisotopic (exact) mass is 327 g/mol. The van der Waals surface area contributed by atoms with E-state index < -0.39 is 0 Å². The van der Waals surface area contributed by atoms with Crippen molar-refractivity contribution in [2.24, 2.45) is 5.92 Å². The van der Waals surface area contributed by atoms with Gasteiger partial charge in [-0.2, -0.15) is 0 Å². The molecule has 2 aromatic rings. The summed E-state index contributed by atoms with van der Waals surface area (Å²) in [5, 5.41) is 11.9. The maximum absolute atomic E-state index is 12.6. The van der Waals surface area contributed by atoms with Gasteiger partial charge >= 0.3 is 0 Å². The van der Waals surface area contributed by atoms with Crippen molar-refractivity contribution >= 4 is 5.78 Å². The number of carbonyl (C=O) groups excluding carboxylic acids is 1. The first-order valence-corrected chi connectivity index (χ1v) is 8.75. The van der Waals surface area contributed by atoms with Gasteiger partial charge in [-0.25, -0.2) is 4.68 Å². The summed E-state index contributed by atoms with van der Waals surface area (Å²) in [7, 11) is 0. The van der Waals surface area contributed by atoms with Crippen LogP contribution in [0.1, 0.15) is 47.9 Å². The van der Waals surface area contributed by atoms with Crippen molar-refractivity contribution in [2.75, 3.05) is 13.1 Å². The first kappa shape index (κ1) is 16.8. The normalized spacial score (nSPS) is 16.4. The first-order chi connectivity index (χ1) is 11.7. The lowest BCUT2D eigenvalue weighted by atomic mass is 9.88. The van der Waals surface area contributed by atoms with Gasteiger partial charge in [0.2, 0.25) is 0 Å². The molecule has 0 radical (unpaired) electrons. The van der Waals surface area contributed by atoms with Crippen LogP contribution in [0.25, 0.3) is 0 Å². The molecule has 0 N–H and O–H groups in total. The SMILES string of the molecule is CCCn1nnnc1CN1CCC(C(=O)c2ccc(C)cc2)CC1. The number of aryl methyl sites for hydroxylation is 2. The van der Waals surface area contributed by atoms with E-state index in [1.807, 2.05) is 35.9 Å². The van der Waals surface area contributed by atoms with E-state index in [0.29, 0.717) is 0 Å². The number of tetrazole rings is 1. The second-order valence-corrected chi connectivity index (χ2v) is 6.60. The van der Waals surface area contributed by atoms with Crippen LogP contribution in [0.15, 0.2) is 24.3 Å². The molecule has 0 unspecified atom stereocenters. The predicted molar refractivity (Wildman–Crippen MR) is 91.6 cm³/mol. The van der Waals surface area contributed by atoms with E-state index in [2.05, 4.69) is 27.3 Å². The molecule has 0 atom stereocenters. The third kappa shape index (κ3) is 3.87. The molecule has 1 aliphatic heterocycles. The fourth-order valence-electron chi connectivity index (χ4n) is 3.23. The van der Waals surface area contributed by atoms with Crippen LogP contribution in [-0.4, -0.2) is 44.0 Å². The van der Waals surface area contributed by atoms with Gasteiger partial charge in [-0.15, -0.1) is 5.10 Å². The van der Waals surface area contributed by atoms with E-state index >= 15 is 0 Å². The number of nitrogens with zero attached hydrogens (tertiary/aromatic N) is 5. The minimum atomic E-state index is 0.135. The van der Waals surface area contributed by atoms with Crippen molar-refractivity contribution in [1.29, 1.82) is 0 Å². The topological polar surface area (TPSA) is 63.9 Å². The molecule has 1 aromatic heterocycles. The van der Waals surface area contributed by atoms with Gasteiger partial charge in [-0.1, -0.05) is 36.8 Å². The highest BCUT2D eigenvalue weighted by atomic mass is 16.1. The van der Waals surface area contributed by atoms with Crippen molar-refractivity contribution in [3.63, 3.8) is 0 Å². The Balaban J connectivity index is 1.54. The number of hydrogen-bond donors (Lipinski definition) is 0. The summed E-state index contributed by atoms with van der Waals surface area (Å²) in [5.41, 5.74) is 2.03. The van der Waals surface area contributed by atoms with Gasteiger partial charge in [-0.05, 0) is 49.7 Å². The molecule has 6 heteroatoms. The van der Waals surface area contributed by atoms with Crippen LogP contribution in [-0.2, 0) is 13.1 Å². The third-order valence-electron chi connectivity index (χ3n) is 4.70. The fourth-order valence-corrected chi connectivity index (χ4v) is 3.23. The summed E-state index contributed by atoms with van der Waals surface area (Å²) in [4.78, 5) is 15.0. The van der Waals surface area contributed by atoms with Crippen LogP contribution in [0.2, 0.25) is 0 Å². The molecule has 128 valence electrons. The Bertz CT molecular complexity index is 671. The van der Waals surface area contributed by atoms with Crippen LogP contribution < -0.4 is 0 Å². The highest BCUT2D eigenvalue weighted by molar-refractivity contribution is 5.97. The van der Waals surface area contributed by atoms with Gasteiger partial charge in [0, 0.05) is 18.0 Å². The number of carbonyl (C=O) groups is 1. The molecular formula is C18H25N5O. The Hall–Kier alpha value is -2.08. The Morgan fingerprint density at radius 1 is 1.21 bits per heavy atom. The number of aromatic nitrogens is 4. The van der Waals surface area contributed by atoms with Gasteiger partial charge in [0.05, 0.1) is 6.54 Å². The maximum atomic E-state index is 12.6. The molecule has 24 heavy (non-hydrogen) atoms. The quantitative estimate of drug-likeness (QED) is 0.763. The Kier molecular flexibility index (Phi) is 5.35. The molecule has 1 aromatic carbocycles. The number of hydrogen-bond acceptors (Lipinski definition) is 5. The summed E-state index contributed by atoms with van der Waals surface area (Å²) in [6.45, 7) is 7.61. The van der Waals surface area contributed by atoms with Crippen LogP contribution >= 0.6 is 0 Å². The zero-order valence-corrected chi connectivity index (χ0v) is 14.5. The predicted octanol–water partition coefficient (Wildman–Crippen LogP) is 2.49. The Morgan fingerprint density at radius 3 is 2.58 bits per heavy atom. The summed E-state index contributed by atoms with van der Waals surface area (Å²) < 4.78 is 1.88. The number of likely N-dealkylation sites (tertiary alicyclic amines) is 1. The van der Waals surface area contributed by atoms with Gasteiger partial charge in [0.1, 0.15) is 0 Å². The highest BCUT2D eigenvalue weighted by Crippen LogP contribution is 2.23. The summed E-state index contributed by atoms with van der Waals surface area (Å²) >= 11 is 0. The second-order valence-electron chi connectivity index (χ2n) is 6.60. The minimum Gasteiger partial charge on any atom is -0.296 e. The number of ketones is 1. The highest BCUT2D eigenvalue weighted by Gasteiger charge is 2.26. The van der Waals surface area contributed by atoms with Crippen molar-refractivity contribution in [3.05, 3.63) is 41.2 Å². The molecule has 0 saturated carbocycles. The molecule has 0 amide bonds. The first-order valence-electron chi connectivity index (χ1n) is 8.75. The molecule has 3 rings (SSSR count). The number of piperidine rings is 1. The van der Waals surface area contributed by atoms with Crippen LogP contribution in [0, 0.1) is 12.8 Å². The minimum absolute atomic E-state index is 0.135. The molecule has 6 nitrogen and oxygen atoms in total. The zero-order chi connectivity index (χ0) is 16.9. The molecule has 0 bridgehead atoms. The molecule has 1 saturated heterocycles. The smallest absolute Gasteiger partial charge is 0.166 e. The van der Waals surface area contributed by atoms with E-state index in [9.17, 15) is 4.79 Å².